The number of nitrogens with zero attached hydrogens (tertiary/aromatic N) is 3. The van der Waals surface area contributed by atoms with E-state index in [-0.39, 0.29) is 11.0 Å². The highest BCUT2D eigenvalue weighted by Crippen LogP contribution is 2.27. The van der Waals surface area contributed by atoms with E-state index >= 15 is 0 Å². The van der Waals surface area contributed by atoms with E-state index in [1.54, 1.807) is 30.6 Å². The number of aromatic nitrogens is 3. The summed E-state index contributed by atoms with van der Waals surface area (Å²) in [7, 11) is 0. The minimum absolute atomic E-state index is 0.0387. The molecule has 0 aliphatic carbocycles. The molecular formula is C19H18ClN3OS. The number of carbonyl (C=O) groups excluding carboxylic acids is 1. The zero-order valence-corrected chi connectivity index (χ0v) is 15.8. The van der Waals surface area contributed by atoms with Crippen LogP contribution in [0.1, 0.15) is 28.4 Å². The van der Waals surface area contributed by atoms with Crippen LogP contribution in [0.2, 0.25) is 5.02 Å². The molecule has 3 rings (SSSR count). The number of rotatable bonds is 5. The van der Waals surface area contributed by atoms with Crippen molar-refractivity contribution in [3.8, 4) is 5.69 Å². The zero-order valence-electron chi connectivity index (χ0n) is 14.2. The van der Waals surface area contributed by atoms with Gasteiger partial charge in [0.1, 0.15) is 6.33 Å². The Kier molecular flexibility index (Phi) is 5.25. The molecule has 0 saturated carbocycles. The first-order valence-electron chi connectivity index (χ1n) is 7.90. The van der Waals surface area contributed by atoms with Crippen LogP contribution in [0, 0.1) is 13.8 Å². The van der Waals surface area contributed by atoms with Crippen molar-refractivity contribution in [2.45, 2.75) is 31.2 Å². The first-order valence-corrected chi connectivity index (χ1v) is 9.15. The molecule has 0 radical (unpaired) electrons. The van der Waals surface area contributed by atoms with Crippen LogP contribution in [-0.2, 0) is 0 Å². The van der Waals surface area contributed by atoms with E-state index in [2.05, 4.69) is 36.2 Å². The molecule has 0 spiro atoms. The highest BCUT2D eigenvalue weighted by atomic mass is 35.5. The minimum Gasteiger partial charge on any atom is -0.293 e. The Hall–Kier alpha value is -2.11. The van der Waals surface area contributed by atoms with Crippen LogP contribution in [0.4, 0.5) is 0 Å². The Bertz CT molecular complexity index is 905. The topological polar surface area (TPSA) is 47.8 Å². The third-order valence-electron chi connectivity index (χ3n) is 3.91. The highest BCUT2D eigenvalue weighted by Gasteiger charge is 2.20. The lowest BCUT2D eigenvalue weighted by Crippen LogP contribution is -2.14. The van der Waals surface area contributed by atoms with E-state index in [1.165, 1.54) is 17.3 Å². The predicted molar refractivity (Wildman–Crippen MR) is 102 cm³/mol. The Labute approximate surface area is 156 Å². The molecule has 3 aromatic rings. The van der Waals surface area contributed by atoms with Crippen LogP contribution in [-0.4, -0.2) is 25.8 Å². The van der Waals surface area contributed by atoms with Crippen LogP contribution in [0.5, 0.6) is 0 Å². The van der Waals surface area contributed by atoms with Crippen molar-refractivity contribution in [3.05, 3.63) is 70.5 Å². The van der Waals surface area contributed by atoms with Gasteiger partial charge in [-0.25, -0.2) is 0 Å². The average Bonchev–Trinajstić information content (AvgIpc) is 3.02. The van der Waals surface area contributed by atoms with Gasteiger partial charge in [-0.05, 0) is 56.7 Å². The van der Waals surface area contributed by atoms with Crippen LogP contribution in [0.15, 0.2) is 53.9 Å². The zero-order chi connectivity index (χ0) is 18.0. The van der Waals surface area contributed by atoms with E-state index < -0.39 is 0 Å². The number of hydrogen-bond donors (Lipinski definition) is 0. The Morgan fingerprint density at radius 3 is 2.56 bits per heavy atom. The SMILES string of the molecule is Cc1ccc(-n2cnnc2SC(C)C(=O)c2ccc(Cl)cc2)c(C)c1. The molecule has 0 aliphatic rings. The average molecular weight is 372 g/mol. The predicted octanol–water partition coefficient (Wildman–Crippen LogP) is 4.90. The van der Waals surface area contributed by atoms with E-state index in [9.17, 15) is 4.79 Å². The number of ketones is 1. The summed E-state index contributed by atoms with van der Waals surface area (Å²) in [4.78, 5) is 12.6. The lowest BCUT2D eigenvalue weighted by Gasteiger charge is -2.13. The van der Waals surface area contributed by atoms with Crippen molar-refractivity contribution in [3.63, 3.8) is 0 Å². The molecule has 0 fully saturated rings. The highest BCUT2D eigenvalue weighted by molar-refractivity contribution is 8.00. The monoisotopic (exact) mass is 371 g/mol. The number of Topliss-reactive ketones (excluding diaryl/α,β-unsaturated/α-hetero) is 1. The van der Waals surface area contributed by atoms with Gasteiger partial charge in [0.2, 0.25) is 0 Å². The summed E-state index contributed by atoms with van der Waals surface area (Å²) in [6.07, 6.45) is 1.68. The molecule has 128 valence electrons. The maximum Gasteiger partial charge on any atom is 0.196 e. The van der Waals surface area contributed by atoms with Gasteiger partial charge in [-0.1, -0.05) is 41.1 Å². The van der Waals surface area contributed by atoms with Gasteiger partial charge in [-0.3, -0.25) is 9.36 Å². The molecule has 2 aromatic carbocycles. The van der Waals surface area contributed by atoms with Crippen LogP contribution < -0.4 is 0 Å². The molecule has 25 heavy (non-hydrogen) atoms. The summed E-state index contributed by atoms with van der Waals surface area (Å²) in [6.45, 7) is 5.99. The Balaban J connectivity index is 1.83. The normalized spacial score (nSPS) is 12.2. The standard InChI is InChI=1S/C19H18ClN3OS/c1-12-4-9-17(13(2)10-12)23-11-21-22-19(23)25-14(3)18(24)15-5-7-16(20)8-6-15/h4-11,14H,1-3H3. The van der Waals surface area contributed by atoms with Gasteiger partial charge in [-0.2, -0.15) is 0 Å². The second kappa shape index (κ2) is 7.42. The molecule has 1 atom stereocenters. The van der Waals surface area contributed by atoms with E-state index in [0.29, 0.717) is 15.7 Å². The van der Waals surface area contributed by atoms with Gasteiger partial charge in [0, 0.05) is 10.6 Å². The maximum atomic E-state index is 12.6. The summed E-state index contributed by atoms with van der Waals surface area (Å²) in [5.74, 6) is 0.0387. The van der Waals surface area contributed by atoms with Gasteiger partial charge in [0.15, 0.2) is 10.9 Å². The number of carbonyl (C=O) groups is 1. The molecule has 0 bridgehead atoms. The van der Waals surface area contributed by atoms with Crippen molar-refractivity contribution in [1.82, 2.24) is 14.8 Å². The van der Waals surface area contributed by atoms with Crippen LogP contribution in [0.3, 0.4) is 0 Å². The molecule has 0 saturated heterocycles. The Morgan fingerprint density at radius 2 is 1.88 bits per heavy atom. The molecule has 1 heterocycles. The molecule has 1 aromatic heterocycles. The maximum absolute atomic E-state index is 12.6. The largest absolute Gasteiger partial charge is 0.293 e. The number of thioether (sulfide) groups is 1. The lowest BCUT2D eigenvalue weighted by molar-refractivity contribution is 0.0994. The molecule has 0 N–H and O–H groups in total. The number of hydrogen-bond acceptors (Lipinski definition) is 4. The molecular weight excluding hydrogens is 354 g/mol. The molecule has 4 nitrogen and oxygen atoms in total. The number of halogens is 1. The summed E-state index contributed by atoms with van der Waals surface area (Å²) in [5.41, 5.74) is 4.00. The van der Waals surface area contributed by atoms with Crippen LogP contribution in [0.25, 0.3) is 5.69 Å². The second-order valence-electron chi connectivity index (χ2n) is 5.90. The van der Waals surface area contributed by atoms with Crippen molar-refractivity contribution >= 4 is 29.1 Å². The minimum atomic E-state index is -0.283. The summed E-state index contributed by atoms with van der Waals surface area (Å²) < 4.78 is 1.92. The van der Waals surface area contributed by atoms with E-state index in [0.717, 1.165) is 11.3 Å². The number of aryl methyl sites for hydroxylation is 2. The first-order chi connectivity index (χ1) is 12.0. The third-order valence-corrected chi connectivity index (χ3v) is 5.22. The van der Waals surface area contributed by atoms with Gasteiger partial charge in [0.25, 0.3) is 0 Å². The lowest BCUT2D eigenvalue weighted by atomic mass is 10.1. The van der Waals surface area contributed by atoms with Gasteiger partial charge in [-0.15, -0.1) is 10.2 Å². The van der Waals surface area contributed by atoms with Crippen molar-refractivity contribution in [2.75, 3.05) is 0 Å². The molecule has 0 aliphatic heterocycles. The summed E-state index contributed by atoms with van der Waals surface area (Å²) in [6, 6.07) is 13.2. The fourth-order valence-electron chi connectivity index (χ4n) is 2.61. The van der Waals surface area contributed by atoms with Crippen molar-refractivity contribution in [1.29, 1.82) is 0 Å². The second-order valence-corrected chi connectivity index (χ2v) is 7.65. The molecule has 1 unspecified atom stereocenters. The van der Waals surface area contributed by atoms with Gasteiger partial charge >= 0.3 is 0 Å². The smallest absolute Gasteiger partial charge is 0.196 e. The van der Waals surface area contributed by atoms with Gasteiger partial charge < -0.3 is 0 Å². The fourth-order valence-corrected chi connectivity index (χ4v) is 3.64. The van der Waals surface area contributed by atoms with Crippen LogP contribution >= 0.6 is 23.4 Å². The molecule has 0 amide bonds. The Morgan fingerprint density at radius 1 is 1.16 bits per heavy atom. The van der Waals surface area contributed by atoms with Gasteiger partial charge in [0.05, 0.1) is 10.9 Å². The number of benzene rings is 2. The molecule has 6 heteroatoms. The fraction of sp³-hybridized carbons (Fsp3) is 0.211. The van der Waals surface area contributed by atoms with E-state index in [4.69, 9.17) is 11.6 Å². The summed E-state index contributed by atoms with van der Waals surface area (Å²) in [5, 5.41) is 9.24. The summed E-state index contributed by atoms with van der Waals surface area (Å²) >= 11 is 7.29. The van der Waals surface area contributed by atoms with E-state index in [1.807, 2.05) is 17.6 Å². The quantitative estimate of drug-likeness (QED) is 0.472. The first kappa shape index (κ1) is 17.7. The van der Waals surface area contributed by atoms with Crippen molar-refractivity contribution < 1.29 is 4.79 Å². The van der Waals surface area contributed by atoms with Crippen molar-refractivity contribution in [2.24, 2.45) is 0 Å². The third kappa shape index (κ3) is 3.94.